The van der Waals surface area contributed by atoms with Gasteiger partial charge in [0, 0.05) is 12.6 Å². The molecule has 1 amide bonds. The highest BCUT2D eigenvalue weighted by Gasteiger charge is 2.17. The number of aliphatic imine (C=N–C) groups is 1. The second-order valence-corrected chi connectivity index (χ2v) is 7.23. The number of guanidine groups is 1. The number of allylic oxidation sites excluding steroid dienone is 5. The minimum absolute atomic E-state index is 0.0478. The molecule has 0 aliphatic rings. The first-order chi connectivity index (χ1) is 13.7. The third-order valence-electron chi connectivity index (χ3n) is 3.93. The number of carbonyl (C=O) groups excluding carboxylic acids is 1. The van der Waals surface area contributed by atoms with Gasteiger partial charge in [-0.3, -0.25) is 9.79 Å². The van der Waals surface area contributed by atoms with Crippen LogP contribution in [0.5, 0.6) is 0 Å². The van der Waals surface area contributed by atoms with E-state index in [9.17, 15) is 14.7 Å². The lowest BCUT2D eigenvalue weighted by Crippen LogP contribution is -2.40. The van der Waals surface area contributed by atoms with Crippen LogP contribution < -0.4 is 16.8 Å². The Morgan fingerprint density at radius 2 is 1.76 bits per heavy atom. The monoisotopic (exact) mass is 408 g/mol. The number of rotatable bonds is 15. The number of aliphatic hydroxyl groups is 1. The third-order valence-corrected chi connectivity index (χ3v) is 3.93. The lowest BCUT2D eigenvalue weighted by atomic mass is 10.0. The average molecular weight is 409 g/mol. The molecule has 0 aromatic heterocycles. The van der Waals surface area contributed by atoms with E-state index >= 15 is 0 Å². The Morgan fingerprint density at radius 3 is 2.38 bits per heavy atom. The number of unbranched alkanes of at least 4 members (excludes halogenated alkanes) is 1. The average Bonchev–Trinajstić information content (AvgIpc) is 2.61. The van der Waals surface area contributed by atoms with Gasteiger partial charge in [0.15, 0.2) is 5.96 Å². The summed E-state index contributed by atoms with van der Waals surface area (Å²) < 4.78 is 0. The summed E-state index contributed by atoms with van der Waals surface area (Å²) in [6, 6.07) is -0.990. The smallest absolute Gasteiger partial charge is 0.326 e. The van der Waals surface area contributed by atoms with E-state index in [-0.39, 0.29) is 18.5 Å². The summed E-state index contributed by atoms with van der Waals surface area (Å²) in [4.78, 5) is 26.8. The van der Waals surface area contributed by atoms with Crippen molar-refractivity contribution >= 4 is 17.8 Å². The molecule has 0 aliphatic heterocycles. The van der Waals surface area contributed by atoms with Crippen LogP contribution in [0.2, 0.25) is 0 Å². The molecule has 0 saturated heterocycles. The van der Waals surface area contributed by atoms with Crippen LogP contribution in [0.25, 0.3) is 0 Å². The molecule has 0 heterocycles. The maximum absolute atomic E-state index is 11.8. The Labute approximate surface area is 173 Å². The summed E-state index contributed by atoms with van der Waals surface area (Å²) in [6.07, 6.45) is 14.1. The molecule has 0 aliphatic carbocycles. The molecule has 164 valence electrons. The number of carboxylic acid groups (broad SMARTS) is 1. The third kappa shape index (κ3) is 17.2. The molecule has 8 heteroatoms. The van der Waals surface area contributed by atoms with Gasteiger partial charge in [0.1, 0.15) is 6.04 Å². The van der Waals surface area contributed by atoms with Crippen molar-refractivity contribution in [1.82, 2.24) is 5.32 Å². The van der Waals surface area contributed by atoms with Crippen LogP contribution in [-0.2, 0) is 9.59 Å². The highest BCUT2D eigenvalue weighted by atomic mass is 16.4. The van der Waals surface area contributed by atoms with Crippen LogP contribution in [0, 0.1) is 5.92 Å². The van der Waals surface area contributed by atoms with E-state index in [1.54, 1.807) is 18.2 Å². The van der Waals surface area contributed by atoms with Crippen molar-refractivity contribution in [2.45, 2.75) is 64.5 Å². The zero-order valence-electron chi connectivity index (χ0n) is 17.5. The number of nitrogens with two attached hydrogens (primary N) is 2. The Kier molecular flexibility index (Phi) is 14.9. The molecule has 0 spiro atoms. The van der Waals surface area contributed by atoms with Gasteiger partial charge < -0.3 is 27.0 Å². The van der Waals surface area contributed by atoms with Crippen LogP contribution in [0.15, 0.2) is 41.4 Å². The molecule has 0 aromatic rings. The van der Waals surface area contributed by atoms with E-state index in [4.69, 9.17) is 16.6 Å². The first-order valence-electron chi connectivity index (χ1n) is 9.99. The molecule has 0 aromatic carbocycles. The minimum Gasteiger partial charge on any atom is -0.480 e. The number of carbonyl (C=O) groups is 2. The van der Waals surface area contributed by atoms with Crippen molar-refractivity contribution in [2.24, 2.45) is 22.4 Å². The maximum Gasteiger partial charge on any atom is 0.326 e. The fourth-order valence-electron chi connectivity index (χ4n) is 2.56. The zero-order chi connectivity index (χ0) is 22.1. The van der Waals surface area contributed by atoms with Crippen LogP contribution in [0.3, 0.4) is 0 Å². The fraction of sp³-hybridized carbons (Fsp3) is 0.571. The molecule has 0 saturated carbocycles. The fourth-order valence-corrected chi connectivity index (χ4v) is 2.56. The molecule has 0 rings (SSSR count). The summed E-state index contributed by atoms with van der Waals surface area (Å²) >= 11 is 0. The molecular weight excluding hydrogens is 372 g/mol. The summed E-state index contributed by atoms with van der Waals surface area (Å²) in [6.45, 7) is 4.50. The van der Waals surface area contributed by atoms with E-state index in [1.165, 1.54) is 6.08 Å². The number of aliphatic hydroxyl groups excluding tert-OH is 1. The van der Waals surface area contributed by atoms with Crippen molar-refractivity contribution in [3.63, 3.8) is 0 Å². The Morgan fingerprint density at radius 1 is 1.07 bits per heavy atom. The summed E-state index contributed by atoms with van der Waals surface area (Å²) in [5.41, 5.74) is 10.4. The van der Waals surface area contributed by atoms with Crippen molar-refractivity contribution < 1.29 is 19.8 Å². The van der Waals surface area contributed by atoms with Crippen molar-refractivity contribution in [3.05, 3.63) is 36.5 Å². The normalized spacial score (nSPS) is 13.9. The van der Waals surface area contributed by atoms with Crippen LogP contribution in [0.4, 0.5) is 0 Å². The number of aliphatic carboxylic acids is 1. The van der Waals surface area contributed by atoms with E-state index in [0.29, 0.717) is 18.9 Å². The molecule has 7 N–H and O–H groups in total. The number of carboxylic acids is 1. The predicted molar refractivity (Wildman–Crippen MR) is 116 cm³/mol. The standard InChI is InChI=1S/C21H36N4O4/c1-16(2)15-17(26)11-8-6-4-3-5-7-9-13-19(27)25-18(20(28)29)12-10-14-24-21(22)23/h3-5,7,9,13,16-18,26H,6,8,10-12,14-15H2,1-2H3,(H,25,27)(H,28,29)(H4,22,23,24)/b4-3+,7-5+,13-9+/t17-,18+/m1/s1. The summed E-state index contributed by atoms with van der Waals surface area (Å²) in [5, 5.41) is 21.4. The Bertz CT molecular complexity index is 593. The summed E-state index contributed by atoms with van der Waals surface area (Å²) in [5.74, 6) is -1.13. The molecule has 0 bridgehead atoms. The molecule has 0 radical (unpaired) electrons. The maximum atomic E-state index is 11.8. The van der Waals surface area contributed by atoms with Gasteiger partial charge >= 0.3 is 5.97 Å². The first-order valence-corrected chi connectivity index (χ1v) is 9.99. The molecule has 0 fully saturated rings. The van der Waals surface area contributed by atoms with Crippen molar-refractivity contribution in [3.8, 4) is 0 Å². The number of nitrogens with zero attached hydrogens (tertiary/aromatic N) is 1. The number of amides is 1. The Hall–Kier alpha value is -2.61. The van der Waals surface area contributed by atoms with E-state index in [0.717, 1.165) is 25.7 Å². The quantitative estimate of drug-likeness (QED) is 0.0917. The van der Waals surface area contributed by atoms with Crippen molar-refractivity contribution in [2.75, 3.05) is 6.54 Å². The van der Waals surface area contributed by atoms with Crippen LogP contribution in [-0.4, -0.2) is 46.7 Å². The van der Waals surface area contributed by atoms with Gasteiger partial charge in [-0.05, 0) is 44.4 Å². The SMILES string of the molecule is CC(C)C[C@H](O)CCC/C=C/C=C/C=C/C(=O)N[C@@H](CCCN=C(N)N)C(=O)O. The number of nitrogens with one attached hydrogen (secondary N) is 1. The highest BCUT2D eigenvalue weighted by molar-refractivity contribution is 5.91. The van der Waals surface area contributed by atoms with Gasteiger partial charge in [0.2, 0.25) is 5.91 Å². The first kappa shape index (κ1) is 26.4. The van der Waals surface area contributed by atoms with E-state index < -0.39 is 17.9 Å². The second kappa shape index (κ2) is 16.4. The van der Waals surface area contributed by atoms with E-state index in [2.05, 4.69) is 24.2 Å². The van der Waals surface area contributed by atoms with Gasteiger partial charge in [-0.25, -0.2) is 4.79 Å². The van der Waals surface area contributed by atoms with Crippen LogP contribution >= 0.6 is 0 Å². The molecule has 2 atom stereocenters. The number of hydrogen-bond acceptors (Lipinski definition) is 4. The topological polar surface area (TPSA) is 151 Å². The summed E-state index contributed by atoms with van der Waals surface area (Å²) in [7, 11) is 0. The lowest BCUT2D eigenvalue weighted by molar-refractivity contribution is -0.141. The Balaban J connectivity index is 4.12. The largest absolute Gasteiger partial charge is 0.480 e. The minimum atomic E-state index is -1.10. The molecule has 0 unspecified atom stereocenters. The van der Waals surface area contributed by atoms with Crippen LogP contribution in [0.1, 0.15) is 52.4 Å². The van der Waals surface area contributed by atoms with Gasteiger partial charge in [-0.2, -0.15) is 0 Å². The molecule has 29 heavy (non-hydrogen) atoms. The van der Waals surface area contributed by atoms with Gasteiger partial charge in [-0.1, -0.05) is 44.2 Å². The second-order valence-electron chi connectivity index (χ2n) is 7.23. The molecule has 8 nitrogen and oxygen atoms in total. The molecular formula is C21H36N4O4. The zero-order valence-corrected chi connectivity index (χ0v) is 17.5. The van der Waals surface area contributed by atoms with Gasteiger partial charge in [0.25, 0.3) is 0 Å². The lowest BCUT2D eigenvalue weighted by Gasteiger charge is -2.12. The van der Waals surface area contributed by atoms with Gasteiger partial charge in [-0.15, -0.1) is 0 Å². The van der Waals surface area contributed by atoms with E-state index in [1.807, 2.05) is 12.2 Å². The van der Waals surface area contributed by atoms with Gasteiger partial charge in [0.05, 0.1) is 6.10 Å². The van der Waals surface area contributed by atoms with Crippen molar-refractivity contribution in [1.29, 1.82) is 0 Å². The number of hydrogen-bond donors (Lipinski definition) is 5. The predicted octanol–water partition coefficient (Wildman–Crippen LogP) is 1.86. The highest BCUT2D eigenvalue weighted by Crippen LogP contribution is 2.10.